The van der Waals surface area contributed by atoms with Gasteiger partial charge in [0.2, 0.25) is 0 Å². The van der Waals surface area contributed by atoms with Gasteiger partial charge in [-0.25, -0.2) is 19.4 Å². The number of anilines is 1. The third-order valence-corrected chi connectivity index (χ3v) is 7.13. The molecule has 198 valence electrons. The molecule has 0 spiro atoms. The Morgan fingerprint density at radius 2 is 1.84 bits per heavy atom. The molecule has 11 heteroatoms. The number of ether oxygens (including phenoxy) is 3. The number of aliphatic hydroxyl groups excluding tert-OH is 1. The smallest absolute Gasteiger partial charge is 0.338 e. The minimum atomic E-state index is -1.16. The summed E-state index contributed by atoms with van der Waals surface area (Å²) in [5, 5.41) is 16.6. The lowest BCUT2D eigenvalue weighted by atomic mass is 10.1. The Morgan fingerprint density at radius 3 is 2.53 bits per heavy atom. The van der Waals surface area contributed by atoms with E-state index in [0.717, 1.165) is 11.1 Å². The number of hydrogen-bond acceptors (Lipinski definition) is 10. The van der Waals surface area contributed by atoms with Crippen LogP contribution in [0.2, 0.25) is 0 Å². The van der Waals surface area contributed by atoms with Gasteiger partial charge in [-0.2, -0.15) is 5.10 Å². The fourth-order valence-electron chi connectivity index (χ4n) is 4.34. The van der Waals surface area contributed by atoms with Crippen molar-refractivity contribution in [3.63, 3.8) is 0 Å². The SMILES string of the molecule is CSc1nn([C@H]2C[C@H](OC(=O)c3ccc(C)cc3)[C@@H](COC(O)c3ccc(C)cc3)O2)c2ncnc(N)c12. The van der Waals surface area contributed by atoms with E-state index in [1.807, 2.05) is 44.4 Å². The standard InChI is InChI=1S/C27H29N5O5S/c1-15-4-8-17(9-5-15)26(33)35-13-20-19(37-27(34)18-10-6-16(2)7-11-18)12-21(36-20)32-24-22(25(31-32)38-3)23(28)29-14-30-24/h4-11,14,19-21,26,33H,12-13H2,1-3H3,(H2,28,29,30)/t19-,20+,21+,26?/m0/s1. The Balaban J connectivity index is 1.39. The summed E-state index contributed by atoms with van der Waals surface area (Å²) >= 11 is 1.42. The molecule has 5 rings (SSSR count). The first-order chi connectivity index (χ1) is 18.3. The average Bonchev–Trinajstić information content (AvgIpc) is 3.49. The predicted octanol–water partition coefficient (Wildman–Crippen LogP) is 3.97. The van der Waals surface area contributed by atoms with E-state index in [1.165, 1.54) is 18.1 Å². The van der Waals surface area contributed by atoms with Crippen LogP contribution in [-0.4, -0.2) is 55.9 Å². The largest absolute Gasteiger partial charge is 0.456 e. The van der Waals surface area contributed by atoms with Gasteiger partial charge in [0.15, 0.2) is 18.2 Å². The number of aryl methyl sites for hydroxylation is 2. The Morgan fingerprint density at radius 1 is 1.16 bits per heavy atom. The van der Waals surface area contributed by atoms with Crippen LogP contribution in [0.4, 0.5) is 5.82 Å². The average molecular weight is 536 g/mol. The topological polar surface area (TPSA) is 135 Å². The Hall–Kier alpha value is -3.51. The number of benzene rings is 2. The van der Waals surface area contributed by atoms with E-state index < -0.39 is 30.7 Å². The molecule has 1 aliphatic rings. The number of carbonyl (C=O) groups is 1. The Kier molecular flexibility index (Phi) is 7.61. The van der Waals surface area contributed by atoms with Crippen molar-refractivity contribution in [1.29, 1.82) is 0 Å². The molecule has 10 nitrogen and oxygen atoms in total. The molecule has 2 aromatic carbocycles. The summed E-state index contributed by atoms with van der Waals surface area (Å²) < 4.78 is 19.6. The van der Waals surface area contributed by atoms with E-state index in [2.05, 4.69) is 15.1 Å². The van der Waals surface area contributed by atoms with Crippen LogP contribution in [0.5, 0.6) is 0 Å². The molecule has 1 aliphatic heterocycles. The van der Waals surface area contributed by atoms with Gasteiger partial charge >= 0.3 is 5.97 Å². The van der Waals surface area contributed by atoms with Gasteiger partial charge in [0.25, 0.3) is 0 Å². The molecule has 1 unspecified atom stereocenters. The molecule has 0 saturated carbocycles. The van der Waals surface area contributed by atoms with Gasteiger partial charge in [-0.15, -0.1) is 11.8 Å². The normalized spacial score (nSPS) is 20.1. The van der Waals surface area contributed by atoms with Crippen molar-refractivity contribution in [3.8, 4) is 0 Å². The number of aromatic nitrogens is 4. The van der Waals surface area contributed by atoms with Crippen molar-refractivity contribution in [1.82, 2.24) is 19.7 Å². The second-order valence-corrected chi connectivity index (χ2v) is 9.98. The number of nitrogens with two attached hydrogens (primary N) is 1. The summed E-state index contributed by atoms with van der Waals surface area (Å²) in [7, 11) is 0. The maximum Gasteiger partial charge on any atom is 0.338 e. The fraction of sp³-hybridized carbons (Fsp3) is 0.333. The van der Waals surface area contributed by atoms with E-state index in [1.54, 1.807) is 28.9 Å². The first kappa shape index (κ1) is 26.1. The Bertz CT molecular complexity index is 1430. The third kappa shape index (κ3) is 5.37. The summed E-state index contributed by atoms with van der Waals surface area (Å²) in [5.74, 6) is -0.142. The zero-order valence-electron chi connectivity index (χ0n) is 21.3. The molecule has 0 amide bonds. The second-order valence-electron chi connectivity index (χ2n) is 9.18. The molecule has 38 heavy (non-hydrogen) atoms. The molecule has 3 heterocycles. The zero-order chi connectivity index (χ0) is 26.8. The summed E-state index contributed by atoms with van der Waals surface area (Å²) in [6, 6.07) is 14.6. The van der Waals surface area contributed by atoms with Crippen molar-refractivity contribution in [3.05, 3.63) is 77.1 Å². The zero-order valence-corrected chi connectivity index (χ0v) is 22.1. The van der Waals surface area contributed by atoms with Crippen LogP contribution in [0.1, 0.15) is 46.0 Å². The third-order valence-electron chi connectivity index (χ3n) is 6.46. The van der Waals surface area contributed by atoms with Gasteiger partial charge in [-0.1, -0.05) is 47.5 Å². The molecular formula is C27H29N5O5S. The van der Waals surface area contributed by atoms with Crippen molar-refractivity contribution in [2.45, 2.75) is 50.0 Å². The molecule has 0 bridgehead atoms. The number of carbonyl (C=O) groups excluding carboxylic acids is 1. The van der Waals surface area contributed by atoms with E-state index >= 15 is 0 Å². The molecule has 1 fully saturated rings. The van der Waals surface area contributed by atoms with Gasteiger partial charge < -0.3 is 25.1 Å². The van der Waals surface area contributed by atoms with Crippen LogP contribution < -0.4 is 5.73 Å². The number of fused-ring (bicyclic) bond motifs is 1. The van der Waals surface area contributed by atoms with Crippen molar-refractivity contribution in [2.24, 2.45) is 0 Å². The van der Waals surface area contributed by atoms with Crippen LogP contribution in [0.3, 0.4) is 0 Å². The number of hydrogen-bond donors (Lipinski definition) is 2. The van der Waals surface area contributed by atoms with Crippen molar-refractivity contribution in [2.75, 3.05) is 18.6 Å². The molecule has 2 aromatic heterocycles. The highest BCUT2D eigenvalue weighted by Crippen LogP contribution is 2.36. The summed E-state index contributed by atoms with van der Waals surface area (Å²) in [6.45, 7) is 3.91. The van der Waals surface area contributed by atoms with E-state index in [-0.39, 0.29) is 6.61 Å². The number of aliphatic hydroxyl groups is 1. The molecule has 0 aliphatic carbocycles. The van der Waals surface area contributed by atoms with E-state index in [0.29, 0.717) is 39.4 Å². The number of rotatable bonds is 8. The van der Waals surface area contributed by atoms with E-state index in [4.69, 9.17) is 19.9 Å². The lowest BCUT2D eigenvalue weighted by molar-refractivity contribution is -0.147. The molecule has 0 radical (unpaired) electrons. The molecule has 3 N–H and O–H groups in total. The second kappa shape index (κ2) is 11.1. The first-order valence-electron chi connectivity index (χ1n) is 12.2. The number of nitrogen functional groups attached to an aromatic ring is 1. The van der Waals surface area contributed by atoms with Gasteiger partial charge in [0, 0.05) is 12.0 Å². The van der Waals surface area contributed by atoms with Crippen LogP contribution in [0.25, 0.3) is 11.0 Å². The van der Waals surface area contributed by atoms with E-state index in [9.17, 15) is 9.90 Å². The maximum atomic E-state index is 13.0. The number of esters is 1. The maximum absolute atomic E-state index is 13.0. The van der Waals surface area contributed by atoms with Crippen LogP contribution in [0, 0.1) is 13.8 Å². The molecular weight excluding hydrogens is 506 g/mol. The summed E-state index contributed by atoms with van der Waals surface area (Å²) in [4.78, 5) is 21.4. The van der Waals surface area contributed by atoms with Crippen molar-refractivity contribution < 1.29 is 24.1 Å². The van der Waals surface area contributed by atoms with Crippen molar-refractivity contribution >= 4 is 34.6 Å². The van der Waals surface area contributed by atoms with Gasteiger partial charge in [-0.05, 0) is 32.2 Å². The summed E-state index contributed by atoms with van der Waals surface area (Å²) in [6.07, 6.45) is 0.495. The minimum absolute atomic E-state index is 0.0108. The number of nitrogens with zero attached hydrogens (tertiary/aromatic N) is 4. The van der Waals surface area contributed by atoms with Crippen LogP contribution in [-0.2, 0) is 14.2 Å². The predicted molar refractivity (Wildman–Crippen MR) is 143 cm³/mol. The highest BCUT2D eigenvalue weighted by atomic mass is 32.2. The quantitative estimate of drug-likeness (QED) is 0.194. The molecule has 4 atom stereocenters. The van der Waals surface area contributed by atoms with Gasteiger partial charge in [0.1, 0.15) is 29.4 Å². The molecule has 4 aromatic rings. The number of thioether (sulfide) groups is 1. The highest BCUT2D eigenvalue weighted by molar-refractivity contribution is 7.98. The molecule has 1 saturated heterocycles. The highest BCUT2D eigenvalue weighted by Gasteiger charge is 2.41. The monoisotopic (exact) mass is 535 g/mol. The van der Waals surface area contributed by atoms with Gasteiger partial charge in [0.05, 0.1) is 17.6 Å². The lowest BCUT2D eigenvalue weighted by Crippen LogP contribution is -2.31. The fourth-order valence-corrected chi connectivity index (χ4v) is 4.91. The van der Waals surface area contributed by atoms with Crippen LogP contribution in [0.15, 0.2) is 59.9 Å². The van der Waals surface area contributed by atoms with Gasteiger partial charge in [-0.3, -0.25) is 0 Å². The summed E-state index contributed by atoms with van der Waals surface area (Å²) in [5.41, 5.74) is 9.81. The van der Waals surface area contributed by atoms with Crippen LogP contribution >= 0.6 is 11.8 Å². The first-order valence-corrected chi connectivity index (χ1v) is 13.4. The Labute approximate surface area is 224 Å². The lowest BCUT2D eigenvalue weighted by Gasteiger charge is -2.21. The minimum Gasteiger partial charge on any atom is -0.456 e.